The summed E-state index contributed by atoms with van der Waals surface area (Å²) in [7, 11) is 0. The minimum atomic E-state index is 0.851. The van der Waals surface area contributed by atoms with Crippen LogP contribution in [0.5, 0.6) is 0 Å². The summed E-state index contributed by atoms with van der Waals surface area (Å²) in [6.07, 6.45) is 8.20. The molecule has 6 aromatic carbocycles. The molecule has 53 heavy (non-hydrogen) atoms. The van der Waals surface area contributed by atoms with Gasteiger partial charge in [-0.2, -0.15) is 0 Å². The zero-order valence-corrected chi connectivity index (χ0v) is 29.2. The Bertz CT molecular complexity index is 3100. The average Bonchev–Trinajstić information content (AvgIpc) is 3.74. The van der Waals surface area contributed by atoms with Crippen molar-refractivity contribution in [2.45, 2.75) is 9.79 Å². The maximum absolute atomic E-state index is 6.51. The van der Waals surface area contributed by atoms with Crippen LogP contribution in [0.3, 0.4) is 0 Å². The van der Waals surface area contributed by atoms with Crippen LogP contribution in [0, 0.1) is 0 Å². The predicted octanol–water partition coefficient (Wildman–Crippen LogP) is 13.1. The van der Waals surface area contributed by atoms with E-state index in [0.717, 1.165) is 77.5 Å². The number of para-hydroxylation sites is 1. The second kappa shape index (κ2) is 11.9. The van der Waals surface area contributed by atoms with Gasteiger partial charge in [0, 0.05) is 43.7 Å². The molecule has 10 aromatic rings. The fraction of sp³-hybridized carbons (Fsp3) is 0. The summed E-state index contributed by atoms with van der Waals surface area (Å²) >= 11 is 1.82. The molecule has 5 heteroatoms. The Morgan fingerprint density at radius 2 is 1.21 bits per heavy atom. The normalized spacial score (nSPS) is 12.4. The minimum absolute atomic E-state index is 0.851. The van der Waals surface area contributed by atoms with E-state index in [1.165, 1.54) is 26.5 Å². The molecule has 0 saturated carbocycles. The van der Waals surface area contributed by atoms with E-state index in [1.807, 2.05) is 54.5 Å². The second-order valence-corrected chi connectivity index (χ2v) is 14.5. The highest BCUT2D eigenvalue weighted by Gasteiger charge is 2.20. The standard InChI is InChI=1S/C48H29N3OS/c1-2-11-34-30(10-1)18-19-31-20-21-32(33-22-23-42-39(27-33)37-14-9-25-50-48(37)51(42)47-17-7-8-24-49-47)26-38(31)41-28-44-40(35-12-3-5-15-43(35)52-44)29-46(41)53-45-16-6-4-13-36(34)45/h1-29H. The highest BCUT2D eigenvalue weighted by molar-refractivity contribution is 7.99. The van der Waals surface area contributed by atoms with Crippen molar-refractivity contribution in [3.8, 4) is 39.2 Å². The maximum Gasteiger partial charge on any atom is 0.146 e. The molecular weight excluding hydrogens is 667 g/mol. The lowest BCUT2D eigenvalue weighted by molar-refractivity contribution is 0.669. The van der Waals surface area contributed by atoms with Gasteiger partial charge in [-0.3, -0.25) is 4.57 Å². The Morgan fingerprint density at radius 3 is 2.13 bits per heavy atom. The van der Waals surface area contributed by atoms with Crippen molar-refractivity contribution in [2.24, 2.45) is 0 Å². The summed E-state index contributed by atoms with van der Waals surface area (Å²) in [6, 6.07) is 54.0. The van der Waals surface area contributed by atoms with E-state index in [1.54, 1.807) is 0 Å². The average molecular weight is 696 g/mol. The van der Waals surface area contributed by atoms with Crippen molar-refractivity contribution in [2.75, 3.05) is 0 Å². The summed E-state index contributed by atoms with van der Waals surface area (Å²) in [6.45, 7) is 0. The number of pyridine rings is 2. The van der Waals surface area contributed by atoms with Crippen LogP contribution >= 0.6 is 11.8 Å². The third-order valence-electron chi connectivity index (χ3n) is 10.4. The zero-order valence-electron chi connectivity index (χ0n) is 28.4. The molecule has 0 N–H and O–H groups in total. The van der Waals surface area contributed by atoms with Gasteiger partial charge in [-0.25, -0.2) is 9.97 Å². The fourth-order valence-electron chi connectivity index (χ4n) is 7.87. The summed E-state index contributed by atoms with van der Waals surface area (Å²) in [5.74, 6) is 0.851. The number of rotatable bonds is 2. The number of hydrogen-bond donors (Lipinski definition) is 0. The molecule has 0 radical (unpaired) electrons. The lowest BCUT2D eigenvalue weighted by Gasteiger charge is -2.16. The van der Waals surface area contributed by atoms with Gasteiger partial charge in [0.1, 0.15) is 22.6 Å². The molecule has 0 aliphatic carbocycles. The van der Waals surface area contributed by atoms with Crippen LogP contribution in [0.25, 0.3) is 95.2 Å². The molecule has 0 atom stereocenters. The van der Waals surface area contributed by atoms with Crippen molar-refractivity contribution in [1.82, 2.24) is 14.5 Å². The highest BCUT2D eigenvalue weighted by atomic mass is 32.2. The lowest BCUT2D eigenvalue weighted by atomic mass is 9.92. The summed E-state index contributed by atoms with van der Waals surface area (Å²) in [5.41, 5.74) is 13.1. The van der Waals surface area contributed by atoms with Crippen LogP contribution in [0.2, 0.25) is 0 Å². The number of benzene rings is 6. The zero-order chi connectivity index (χ0) is 34.9. The molecule has 0 fully saturated rings. The largest absolute Gasteiger partial charge is 0.456 e. The highest BCUT2D eigenvalue weighted by Crippen LogP contribution is 2.47. The van der Waals surface area contributed by atoms with Crippen molar-refractivity contribution in [3.05, 3.63) is 175 Å². The summed E-state index contributed by atoms with van der Waals surface area (Å²) < 4.78 is 8.66. The SMILES string of the molecule is C1=Cc2ccc(-c3ccc4c(c3)c3cccnc3n4-c3ccccn3)cc2-c2cc3oc4ccccc4c3cc2Sc2ccccc2-c2ccccc21. The molecule has 11 rings (SSSR count). The molecule has 1 aliphatic rings. The molecule has 248 valence electrons. The molecule has 0 spiro atoms. The van der Waals surface area contributed by atoms with Gasteiger partial charge in [-0.1, -0.05) is 109 Å². The van der Waals surface area contributed by atoms with Crippen LogP contribution < -0.4 is 0 Å². The monoisotopic (exact) mass is 695 g/mol. The van der Waals surface area contributed by atoms with E-state index in [2.05, 4.69) is 143 Å². The number of nitrogens with zero attached hydrogens (tertiary/aromatic N) is 3. The van der Waals surface area contributed by atoms with Crippen LogP contribution in [0.15, 0.2) is 178 Å². The molecule has 4 nitrogen and oxygen atoms in total. The Balaban J connectivity index is 1.16. The molecule has 0 bridgehead atoms. The van der Waals surface area contributed by atoms with Gasteiger partial charge in [0.05, 0.1) is 5.52 Å². The Hall–Kier alpha value is -6.69. The van der Waals surface area contributed by atoms with E-state index >= 15 is 0 Å². The fourth-order valence-corrected chi connectivity index (χ4v) is 9.00. The molecule has 4 aromatic heterocycles. The number of furan rings is 1. The van der Waals surface area contributed by atoms with E-state index in [-0.39, 0.29) is 0 Å². The Morgan fingerprint density at radius 1 is 0.453 bits per heavy atom. The van der Waals surface area contributed by atoms with Crippen molar-refractivity contribution in [3.63, 3.8) is 0 Å². The second-order valence-electron chi connectivity index (χ2n) is 13.4. The van der Waals surface area contributed by atoms with E-state index in [4.69, 9.17) is 9.40 Å². The maximum atomic E-state index is 6.51. The third kappa shape index (κ3) is 4.85. The van der Waals surface area contributed by atoms with Crippen LogP contribution in [0.1, 0.15) is 11.1 Å². The van der Waals surface area contributed by atoms with Crippen molar-refractivity contribution >= 4 is 67.8 Å². The first-order valence-corrected chi connectivity index (χ1v) is 18.5. The first kappa shape index (κ1) is 30.0. The topological polar surface area (TPSA) is 43.9 Å². The Kier molecular flexibility index (Phi) is 6.76. The lowest BCUT2D eigenvalue weighted by Crippen LogP contribution is -1.97. The van der Waals surface area contributed by atoms with Gasteiger partial charge in [0.25, 0.3) is 0 Å². The van der Waals surface area contributed by atoms with Gasteiger partial charge in [-0.15, -0.1) is 0 Å². The molecule has 5 heterocycles. The van der Waals surface area contributed by atoms with E-state index in [9.17, 15) is 0 Å². The van der Waals surface area contributed by atoms with Crippen molar-refractivity contribution in [1.29, 1.82) is 0 Å². The molecule has 0 amide bonds. The quantitative estimate of drug-likeness (QED) is 0.181. The first-order valence-electron chi connectivity index (χ1n) is 17.7. The van der Waals surface area contributed by atoms with E-state index in [0.29, 0.717) is 0 Å². The molecule has 0 saturated heterocycles. The van der Waals surface area contributed by atoms with Crippen LogP contribution in [-0.2, 0) is 0 Å². The predicted molar refractivity (Wildman–Crippen MR) is 219 cm³/mol. The molecular formula is C48H29N3OS. The van der Waals surface area contributed by atoms with Crippen molar-refractivity contribution < 1.29 is 4.42 Å². The summed E-state index contributed by atoms with van der Waals surface area (Å²) in [5, 5.41) is 4.48. The third-order valence-corrected chi connectivity index (χ3v) is 11.5. The van der Waals surface area contributed by atoms with Gasteiger partial charge >= 0.3 is 0 Å². The Labute approximate surface area is 309 Å². The summed E-state index contributed by atoms with van der Waals surface area (Å²) in [4.78, 5) is 11.9. The van der Waals surface area contributed by atoms with E-state index < -0.39 is 0 Å². The smallest absolute Gasteiger partial charge is 0.146 e. The first-order chi connectivity index (χ1) is 26.3. The molecule has 1 aliphatic heterocycles. The van der Waals surface area contributed by atoms with Gasteiger partial charge in [0.15, 0.2) is 0 Å². The van der Waals surface area contributed by atoms with Gasteiger partial charge in [0.2, 0.25) is 0 Å². The number of aromatic nitrogens is 3. The minimum Gasteiger partial charge on any atom is -0.456 e. The van der Waals surface area contributed by atoms with Gasteiger partial charge < -0.3 is 4.42 Å². The number of fused-ring (bicyclic) bond motifs is 12. The van der Waals surface area contributed by atoms with Gasteiger partial charge in [-0.05, 0) is 111 Å². The molecule has 0 unspecified atom stereocenters. The van der Waals surface area contributed by atoms with Crippen LogP contribution in [0.4, 0.5) is 0 Å². The van der Waals surface area contributed by atoms with Crippen LogP contribution in [-0.4, -0.2) is 14.5 Å². The number of hydrogen-bond acceptors (Lipinski definition) is 4.